The van der Waals surface area contributed by atoms with E-state index in [0.29, 0.717) is 5.92 Å². The summed E-state index contributed by atoms with van der Waals surface area (Å²) in [6.45, 7) is 12.1. The van der Waals surface area contributed by atoms with E-state index in [1.165, 1.54) is 5.56 Å². The van der Waals surface area contributed by atoms with E-state index >= 15 is 0 Å². The van der Waals surface area contributed by atoms with Crippen molar-refractivity contribution in [1.82, 2.24) is 4.90 Å². The highest BCUT2D eigenvalue weighted by Crippen LogP contribution is 2.25. The smallest absolute Gasteiger partial charge is 0.263 e. The highest BCUT2D eigenvalue weighted by molar-refractivity contribution is 5.80. The SMILES string of the molecule is Cc1ccc(C(C)C)cc1OC(C)C(=O)N(C)C(C)C. The van der Waals surface area contributed by atoms with E-state index in [4.69, 9.17) is 4.74 Å². The zero-order chi connectivity index (χ0) is 15.4. The number of carbonyl (C=O) groups is 1. The van der Waals surface area contributed by atoms with Crippen LogP contribution in [0.15, 0.2) is 18.2 Å². The average molecular weight is 277 g/mol. The van der Waals surface area contributed by atoms with Crippen molar-refractivity contribution >= 4 is 5.91 Å². The molecule has 1 rings (SSSR count). The maximum Gasteiger partial charge on any atom is 0.263 e. The third-order valence-electron chi connectivity index (χ3n) is 3.65. The minimum atomic E-state index is -0.469. The van der Waals surface area contributed by atoms with Crippen molar-refractivity contribution in [3.63, 3.8) is 0 Å². The zero-order valence-electron chi connectivity index (χ0n) is 13.7. The van der Waals surface area contributed by atoms with Gasteiger partial charge in [-0.2, -0.15) is 0 Å². The first-order valence-corrected chi connectivity index (χ1v) is 7.28. The summed E-state index contributed by atoms with van der Waals surface area (Å²) >= 11 is 0. The lowest BCUT2D eigenvalue weighted by Crippen LogP contribution is -2.41. The van der Waals surface area contributed by atoms with Gasteiger partial charge < -0.3 is 9.64 Å². The van der Waals surface area contributed by atoms with Crippen molar-refractivity contribution in [2.75, 3.05) is 7.05 Å². The van der Waals surface area contributed by atoms with Gasteiger partial charge in [-0.3, -0.25) is 4.79 Å². The lowest BCUT2D eigenvalue weighted by molar-refractivity contribution is -0.138. The van der Waals surface area contributed by atoms with Gasteiger partial charge >= 0.3 is 0 Å². The van der Waals surface area contributed by atoms with Gasteiger partial charge in [-0.1, -0.05) is 26.0 Å². The Bertz CT molecular complexity index is 466. The molecule has 0 spiro atoms. The van der Waals surface area contributed by atoms with Crippen molar-refractivity contribution in [2.45, 2.75) is 59.6 Å². The molecule has 0 heterocycles. The average Bonchev–Trinajstić information content (AvgIpc) is 2.38. The standard InChI is InChI=1S/C17H27NO2/c1-11(2)15-9-8-13(5)16(10-15)20-14(6)17(19)18(7)12(3)4/h8-12,14H,1-7H3. The number of ether oxygens (including phenoxy) is 1. The van der Waals surface area contributed by atoms with E-state index in [9.17, 15) is 4.79 Å². The van der Waals surface area contributed by atoms with E-state index < -0.39 is 6.10 Å². The molecule has 112 valence electrons. The Morgan fingerprint density at radius 1 is 1.15 bits per heavy atom. The number of aryl methyl sites for hydroxylation is 1. The second-order valence-corrected chi connectivity index (χ2v) is 5.98. The number of likely N-dealkylation sites (N-methyl/N-ethyl adjacent to an activating group) is 1. The van der Waals surface area contributed by atoms with Gasteiger partial charge in [-0.15, -0.1) is 0 Å². The number of rotatable bonds is 5. The molecule has 1 amide bonds. The third kappa shape index (κ3) is 3.99. The Morgan fingerprint density at radius 2 is 1.75 bits per heavy atom. The Labute approximate surface area is 122 Å². The molecule has 0 saturated carbocycles. The number of carbonyl (C=O) groups excluding carboxylic acids is 1. The first-order valence-electron chi connectivity index (χ1n) is 7.28. The summed E-state index contributed by atoms with van der Waals surface area (Å²) in [6, 6.07) is 6.38. The molecule has 1 atom stereocenters. The monoisotopic (exact) mass is 277 g/mol. The van der Waals surface area contributed by atoms with Crippen molar-refractivity contribution in [1.29, 1.82) is 0 Å². The molecule has 3 heteroatoms. The second-order valence-electron chi connectivity index (χ2n) is 5.98. The lowest BCUT2D eigenvalue weighted by Gasteiger charge is -2.26. The van der Waals surface area contributed by atoms with Gasteiger partial charge in [0.1, 0.15) is 5.75 Å². The number of hydrogen-bond acceptors (Lipinski definition) is 2. The van der Waals surface area contributed by atoms with Crippen LogP contribution in [0, 0.1) is 6.92 Å². The van der Waals surface area contributed by atoms with Crippen molar-refractivity contribution in [3.05, 3.63) is 29.3 Å². The van der Waals surface area contributed by atoms with Gasteiger partial charge in [0.15, 0.2) is 6.10 Å². The normalized spacial score (nSPS) is 12.7. The fourth-order valence-corrected chi connectivity index (χ4v) is 1.88. The molecule has 1 aromatic carbocycles. The molecule has 0 aliphatic heterocycles. The molecule has 3 nitrogen and oxygen atoms in total. The van der Waals surface area contributed by atoms with Crippen LogP contribution < -0.4 is 4.74 Å². The molecule has 0 N–H and O–H groups in total. The predicted octanol–water partition coefficient (Wildman–Crippen LogP) is 3.75. The first kappa shape index (κ1) is 16.5. The van der Waals surface area contributed by atoms with Gasteiger partial charge in [0, 0.05) is 13.1 Å². The summed E-state index contributed by atoms with van der Waals surface area (Å²) in [5.74, 6) is 1.26. The zero-order valence-corrected chi connectivity index (χ0v) is 13.7. The van der Waals surface area contributed by atoms with Gasteiger partial charge in [0.05, 0.1) is 0 Å². The molecule has 1 unspecified atom stereocenters. The van der Waals surface area contributed by atoms with E-state index in [1.807, 2.05) is 46.9 Å². The third-order valence-corrected chi connectivity index (χ3v) is 3.65. The van der Waals surface area contributed by atoms with Crippen LogP contribution in [0.3, 0.4) is 0 Å². The Kier molecular flexibility index (Phi) is 5.61. The number of nitrogens with zero attached hydrogens (tertiary/aromatic N) is 1. The van der Waals surface area contributed by atoms with E-state index in [2.05, 4.69) is 19.9 Å². The Balaban J connectivity index is 2.87. The van der Waals surface area contributed by atoms with Crippen LogP contribution in [0.4, 0.5) is 0 Å². The maximum atomic E-state index is 12.2. The van der Waals surface area contributed by atoms with E-state index in [1.54, 1.807) is 4.90 Å². The fourth-order valence-electron chi connectivity index (χ4n) is 1.88. The van der Waals surface area contributed by atoms with E-state index in [-0.39, 0.29) is 11.9 Å². The maximum absolute atomic E-state index is 12.2. The molecule has 0 aliphatic rings. The fraction of sp³-hybridized carbons (Fsp3) is 0.588. The molecular formula is C17H27NO2. The minimum Gasteiger partial charge on any atom is -0.481 e. The van der Waals surface area contributed by atoms with Crippen LogP contribution in [0.2, 0.25) is 0 Å². The Morgan fingerprint density at radius 3 is 2.25 bits per heavy atom. The summed E-state index contributed by atoms with van der Waals surface area (Å²) in [4.78, 5) is 13.9. The molecule has 1 aromatic rings. The molecule has 0 saturated heterocycles. The minimum absolute atomic E-state index is 0.00866. The highest BCUT2D eigenvalue weighted by atomic mass is 16.5. The largest absolute Gasteiger partial charge is 0.481 e. The molecule has 0 bridgehead atoms. The molecule has 0 aromatic heterocycles. The highest BCUT2D eigenvalue weighted by Gasteiger charge is 2.21. The second kappa shape index (κ2) is 6.78. The predicted molar refractivity (Wildman–Crippen MR) is 83.3 cm³/mol. The van der Waals surface area contributed by atoms with Crippen LogP contribution in [-0.2, 0) is 4.79 Å². The van der Waals surface area contributed by atoms with Gasteiger partial charge in [0.25, 0.3) is 5.91 Å². The summed E-state index contributed by atoms with van der Waals surface area (Å²) in [6.07, 6.45) is -0.469. The molecular weight excluding hydrogens is 250 g/mol. The quantitative estimate of drug-likeness (QED) is 0.820. The van der Waals surface area contributed by atoms with Gasteiger partial charge in [0.2, 0.25) is 0 Å². The number of amides is 1. The van der Waals surface area contributed by atoms with Crippen LogP contribution in [0.25, 0.3) is 0 Å². The van der Waals surface area contributed by atoms with Crippen LogP contribution in [-0.4, -0.2) is 30.0 Å². The summed E-state index contributed by atoms with van der Waals surface area (Å²) in [5.41, 5.74) is 2.28. The van der Waals surface area contributed by atoms with Crippen LogP contribution in [0.1, 0.15) is 51.7 Å². The molecule has 0 aliphatic carbocycles. The molecule has 0 fully saturated rings. The number of hydrogen-bond donors (Lipinski definition) is 0. The van der Waals surface area contributed by atoms with Crippen molar-refractivity contribution < 1.29 is 9.53 Å². The summed E-state index contributed by atoms with van der Waals surface area (Å²) in [7, 11) is 1.81. The van der Waals surface area contributed by atoms with Gasteiger partial charge in [-0.25, -0.2) is 0 Å². The van der Waals surface area contributed by atoms with Crippen molar-refractivity contribution in [3.8, 4) is 5.75 Å². The van der Waals surface area contributed by atoms with Gasteiger partial charge in [-0.05, 0) is 50.8 Å². The van der Waals surface area contributed by atoms with Crippen LogP contribution >= 0.6 is 0 Å². The number of benzene rings is 1. The first-order chi connectivity index (χ1) is 9.23. The topological polar surface area (TPSA) is 29.5 Å². The summed E-state index contributed by atoms with van der Waals surface area (Å²) < 4.78 is 5.88. The summed E-state index contributed by atoms with van der Waals surface area (Å²) in [5, 5.41) is 0. The van der Waals surface area contributed by atoms with Crippen molar-refractivity contribution in [2.24, 2.45) is 0 Å². The molecule has 0 radical (unpaired) electrons. The Hall–Kier alpha value is -1.51. The molecule has 20 heavy (non-hydrogen) atoms. The van der Waals surface area contributed by atoms with Crippen LogP contribution in [0.5, 0.6) is 5.75 Å². The lowest BCUT2D eigenvalue weighted by atomic mass is 10.0. The van der Waals surface area contributed by atoms with E-state index in [0.717, 1.165) is 11.3 Å².